The van der Waals surface area contributed by atoms with Gasteiger partial charge in [0.15, 0.2) is 5.76 Å². The van der Waals surface area contributed by atoms with Crippen LogP contribution in [0.5, 0.6) is 0 Å². The van der Waals surface area contributed by atoms with Crippen molar-refractivity contribution < 1.29 is 18.8 Å². The molecule has 122 valence electrons. The van der Waals surface area contributed by atoms with E-state index in [1.807, 2.05) is 43.3 Å². The molecule has 0 bridgehead atoms. The summed E-state index contributed by atoms with van der Waals surface area (Å²) < 4.78 is 4.96. The average Bonchev–Trinajstić information content (AvgIpc) is 3.17. The topological polar surface area (TPSA) is 70.8 Å². The lowest BCUT2D eigenvalue weighted by Crippen LogP contribution is -2.34. The molecule has 6 nitrogen and oxygen atoms in total. The second-order valence-electron chi connectivity index (χ2n) is 5.29. The van der Waals surface area contributed by atoms with Gasteiger partial charge in [-0.3, -0.25) is 14.4 Å². The fourth-order valence-electron chi connectivity index (χ4n) is 2.17. The number of imide groups is 3. The van der Waals surface area contributed by atoms with Gasteiger partial charge in [-0.15, -0.1) is 0 Å². The number of anilines is 1. The maximum Gasteiger partial charge on any atom is 0.303 e. The van der Waals surface area contributed by atoms with E-state index in [9.17, 15) is 14.4 Å². The molecule has 1 aliphatic heterocycles. The van der Waals surface area contributed by atoms with Crippen LogP contribution in [0.15, 0.2) is 52.0 Å². The molecule has 0 saturated carbocycles. The van der Waals surface area contributed by atoms with E-state index in [-0.39, 0.29) is 10.7 Å². The van der Waals surface area contributed by atoms with Crippen molar-refractivity contribution in [2.45, 2.75) is 0 Å². The molecule has 0 N–H and O–H groups in total. The molecule has 7 heteroatoms. The first kappa shape index (κ1) is 16.1. The SMILES string of the molecule is CN(C)c1ccc(/C=C2/SC(=O)N(C(=O)c3ccco3)C2=O)cc1. The normalized spacial score (nSPS) is 16.1. The van der Waals surface area contributed by atoms with Gasteiger partial charge in [0, 0.05) is 19.8 Å². The molecule has 1 aromatic heterocycles. The van der Waals surface area contributed by atoms with Gasteiger partial charge in [-0.05, 0) is 47.7 Å². The van der Waals surface area contributed by atoms with Crippen molar-refractivity contribution in [3.8, 4) is 0 Å². The molecule has 0 radical (unpaired) electrons. The predicted octanol–water partition coefficient (Wildman–Crippen LogP) is 3.22. The molecule has 0 spiro atoms. The summed E-state index contributed by atoms with van der Waals surface area (Å²) >= 11 is 0.738. The monoisotopic (exact) mass is 342 g/mol. The second-order valence-corrected chi connectivity index (χ2v) is 6.28. The van der Waals surface area contributed by atoms with Crippen molar-refractivity contribution in [2.24, 2.45) is 0 Å². The Hall–Kier alpha value is -2.80. The number of hydrogen-bond donors (Lipinski definition) is 0. The zero-order valence-electron chi connectivity index (χ0n) is 13.1. The lowest BCUT2D eigenvalue weighted by Gasteiger charge is -2.11. The van der Waals surface area contributed by atoms with Gasteiger partial charge in [-0.2, -0.15) is 4.90 Å². The van der Waals surface area contributed by atoms with Crippen LogP contribution in [0.2, 0.25) is 0 Å². The minimum absolute atomic E-state index is 0.0473. The van der Waals surface area contributed by atoms with Crippen LogP contribution < -0.4 is 4.90 Å². The highest BCUT2D eigenvalue weighted by Crippen LogP contribution is 2.33. The molecule has 3 amide bonds. The van der Waals surface area contributed by atoms with Gasteiger partial charge < -0.3 is 9.32 Å². The van der Waals surface area contributed by atoms with Gasteiger partial charge >= 0.3 is 11.1 Å². The van der Waals surface area contributed by atoms with Crippen LogP contribution in [-0.4, -0.2) is 36.0 Å². The molecule has 3 rings (SSSR count). The van der Waals surface area contributed by atoms with Crippen molar-refractivity contribution in [1.82, 2.24) is 4.90 Å². The van der Waals surface area contributed by atoms with Crippen LogP contribution in [0.1, 0.15) is 16.1 Å². The Labute approximate surface area is 142 Å². The summed E-state index contributed by atoms with van der Waals surface area (Å²) in [5.41, 5.74) is 1.80. The highest BCUT2D eigenvalue weighted by molar-refractivity contribution is 8.18. The highest BCUT2D eigenvalue weighted by atomic mass is 32.2. The zero-order valence-corrected chi connectivity index (χ0v) is 13.9. The van der Waals surface area contributed by atoms with Gasteiger partial charge in [-0.25, -0.2) is 0 Å². The minimum atomic E-state index is -0.756. The molecule has 1 aromatic carbocycles. The van der Waals surface area contributed by atoms with Gasteiger partial charge in [0.2, 0.25) is 0 Å². The van der Waals surface area contributed by atoms with Crippen molar-refractivity contribution in [3.63, 3.8) is 0 Å². The minimum Gasteiger partial charge on any atom is -0.459 e. The molecule has 0 atom stereocenters. The average molecular weight is 342 g/mol. The summed E-state index contributed by atoms with van der Waals surface area (Å²) in [6.45, 7) is 0. The lowest BCUT2D eigenvalue weighted by atomic mass is 10.2. The van der Waals surface area contributed by atoms with E-state index >= 15 is 0 Å². The number of furan rings is 1. The number of hydrogen-bond acceptors (Lipinski definition) is 6. The molecule has 2 heterocycles. The van der Waals surface area contributed by atoms with E-state index in [4.69, 9.17) is 4.42 Å². The predicted molar refractivity (Wildman–Crippen MR) is 91.6 cm³/mol. The first-order valence-electron chi connectivity index (χ1n) is 7.10. The number of carbonyl (C=O) groups excluding carboxylic acids is 3. The smallest absolute Gasteiger partial charge is 0.303 e. The summed E-state index contributed by atoms with van der Waals surface area (Å²) in [5, 5.41) is -0.627. The van der Waals surface area contributed by atoms with Gasteiger partial charge in [0.1, 0.15) is 0 Å². The van der Waals surface area contributed by atoms with E-state index < -0.39 is 17.1 Å². The van der Waals surface area contributed by atoms with Crippen LogP contribution in [0.4, 0.5) is 10.5 Å². The van der Waals surface area contributed by atoms with E-state index in [1.54, 1.807) is 6.08 Å². The van der Waals surface area contributed by atoms with Crippen LogP contribution in [-0.2, 0) is 4.79 Å². The van der Waals surface area contributed by atoms with E-state index in [0.29, 0.717) is 4.90 Å². The lowest BCUT2D eigenvalue weighted by molar-refractivity contribution is -0.120. The largest absolute Gasteiger partial charge is 0.459 e. The molecule has 1 saturated heterocycles. The second kappa shape index (κ2) is 6.37. The Morgan fingerprint density at radius 3 is 2.46 bits per heavy atom. The summed E-state index contributed by atoms with van der Waals surface area (Å²) in [7, 11) is 3.86. The van der Waals surface area contributed by atoms with E-state index in [0.717, 1.165) is 23.0 Å². The Morgan fingerprint density at radius 1 is 1.17 bits per heavy atom. The number of rotatable bonds is 3. The molecule has 2 aromatic rings. The van der Waals surface area contributed by atoms with Crippen molar-refractivity contribution in [1.29, 1.82) is 0 Å². The van der Waals surface area contributed by atoms with Gasteiger partial charge in [-0.1, -0.05) is 12.1 Å². The molecule has 0 aliphatic carbocycles. The molecule has 24 heavy (non-hydrogen) atoms. The number of carbonyl (C=O) groups is 3. The Balaban J connectivity index is 1.84. The molecular formula is C17H14N2O4S. The maximum absolute atomic E-state index is 12.4. The van der Waals surface area contributed by atoms with Gasteiger partial charge in [0.25, 0.3) is 5.91 Å². The first-order chi connectivity index (χ1) is 11.5. The molecule has 1 fully saturated rings. The van der Waals surface area contributed by atoms with Gasteiger partial charge in [0.05, 0.1) is 11.2 Å². The Morgan fingerprint density at radius 2 is 1.88 bits per heavy atom. The van der Waals surface area contributed by atoms with Crippen LogP contribution in [0.25, 0.3) is 6.08 Å². The quantitative estimate of drug-likeness (QED) is 0.630. The zero-order chi connectivity index (χ0) is 17.3. The van der Waals surface area contributed by atoms with Crippen LogP contribution >= 0.6 is 11.8 Å². The maximum atomic E-state index is 12.4. The molecule has 1 aliphatic rings. The third-order valence-corrected chi connectivity index (χ3v) is 4.31. The van der Waals surface area contributed by atoms with Crippen LogP contribution in [0.3, 0.4) is 0 Å². The standard InChI is InChI=1S/C17H14N2O4S/c1-18(2)12-7-5-11(6-8-12)10-14-16(21)19(17(22)24-14)15(20)13-4-3-9-23-13/h3-10H,1-2H3/b14-10+. The number of nitrogens with zero attached hydrogens (tertiary/aromatic N) is 2. The summed E-state index contributed by atoms with van der Waals surface area (Å²) in [6.07, 6.45) is 2.91. The first-order valence-corrected chi connectivity index (χ1v) is 7.92. The fourth-order valence-corrected chi connectivity index (χ4v) is 2.99. The van der Waals surface area contributed by atoms with E-state index in [1.165, 1.54) is 18.4 Å². The molecular weight excluding hydrogens is 328 g/mol. The summed E-state index contributed by atoms with van der Waals surface area (Å²) in [6, 6.07) is 10.4. The van der Waals surface area contributed by atoms with Crippen molar-refractivity contribution in [3.05, 3.63) is 58.9 Å². The highest BCUT2D eigenvalue weighted by Gasteiger charge is 2.41. The number of amides is 3. The molecule has 0 unspecified atom stereocenters. The van der Waals surface area contributed by atoms with Crippen LogP contribution in [0, 0.1) is 0 Å². The summed E-state index contributed by atoms with van der Waals surface area (Å²) in [5.74, 6) is -1.44. The number of benzene rings is 1. The Kier molecular flexibility index (Phi) is 4.26. The Bertz CT molecular complexity index is 823. The number of thioether (sulfide) groups is 1. The third kappa shape index (κ3) is 2.98. The van der Waals surface area contributed by atoms with E-state index in [2.05, 4.69) is 0 Å². The fraction of sp³-hybridized carbons (Fsp3) is 0.118. The van der Waals surface area contributed by atoms with Crippen molar-refractivity contribution >= 4 is 40.6 Å². The summed E-state index contributed by atoms with van der Waals surface area (Å²) in [4.78, 5) is 39.4. The third-order valence-electron chi connectivity index (χ3n) is 3.44. The van der Waals surface area contributed by atoms with Crippen molar-refractivity contribution in [2.75, 3.05) is 19.0 Å².